The van der Waals surface area contributed by atoms with E-state index in [-0.39, 0.29) is 23.3 Å². The average molecular weight is 445 g/mol. The maximum absolute atomic E-state index is 12.9. The largest absolute Gasteiger partial charge is 0.465 e. The molecule has 7 heteroatoms. The Hall–Kier alpha value is -1.73. The van der Waals surface area contributed by atoms with Crippen molar-refractivity contribution in [3.63, 3.8) is 0 Å². The monoisotopic (exact) mass is 444 g/mol. The first-order chi connectivity index (χ1) is 14.5. The standard InChI is InChI=1S/C23H28N2O3S2/c1-4-28-17(26)12-25-22-21(30-23(25)27)18(13-7-9-16(10-8-13)24(2)3)19-14-5-6-15(11-14)20(19)29-22/h7-10,14-15,18-20H,4-6,11-12H2,1-3H3/t14-,15-,18-,19-,20+/m0/s1. The maximum atomic E-state index is 12.9. The summed E-state index contributed by atoms with van der Waals surface area (Å²) in [4.78, 5) is 28.3. The van der Waals surface area contributed by atoms with Crippen LogP contribution in [0.3, 0.4) is 0 Å². The van der Waals surface area contributed by atoms with Gasteiger partial charge in [0.1, 0.15) is 6.54 Å². The molecule has 1 aromatic heterocycles. The van der Waals surface area contributed by atoms with Crippen molar-refractivity contribution in [2.24, 2.45) is 17.8 Å². The molecule has 2 heterocycles. The number of nitrogens with zero attached hydrogens (tertiary/aromatic N) is 2. The van der Waals surface area contributed by atoms with Gasteiger partial charge in [-0.1, -0.05) is 23.5 Å². The summed E-state index contributed by atoms with van der Waals surface area (Å²) < 4.78 is 6.81. The van der Waals surface area contributed by atoms with Crippen molar-refractivity contribution >= 4 is 34.8 Å². The molecule has 2 fully saturated rings. The SMILES string of the molecule is CCOC(=O)Cn1c2c(sc1=O)[C@@H](c1ccc(N(C)C)cc1)[C@@H]1[C@H]3CC[C@@H](C3)[C@H]1S2. The summed E-state index contributed by atoms with van der Waals surface area (Å²) in [6, 6.07) is 8.83. The predicted octanol–water partition coefficient (Wildman–Crippen LogP) is 4.19. The Labute approximate surface area is 185 Å². The number of anilines is 1. The lowest BCUT2D eigenvalue weighted by molar-refractivity contribution is -0.144. The summed E-state index contributed by atoms with van der Waals surface area (Å²) >= 11 is 3.20. The summed E-state index contributed by atoms with van der Waals surface area (Å²) in [5.74, 6) is 1.98. The molecule has 0 unspecified atom stereocenters. The van der Waals surface area contributed by atoms with Crippen LogP contribution in [-0.2, 0) is 16.1 Å². The molecule has 5 nitrogen and oxygen atoms in total. The molecule has 160 valence electrons. The minimum absolute atomic E-state index is 0.0171. The molecule has 2 saturated carbocycles. The van der Waals surface area contributed by atoms with Gasteiger partial charge in [0.2, 0.25) is 0 Å². The molecule has 1 aromatic carbocycles. The Morgan fingerprint density at radius 1 is 1.20 bits per heavy atom. The summed E-state index contributed by atoms with van der Waals surface area (Å²) in [6.45, 7) is 2.15. The summed E-state index contributed by atoms with van der Waals surface area (Å²) in [7, 11) is 4.11. The number of esters is 1. The Morgan fingerprint density at radius 3 is 2.63 bits per heavy atom. The van der Waals surface area contributed by atoms with Crippen LogP contribution in [0.25, 0.3) is 0 Å². The number of carbonyl (C=O) groups is 1. The summed E-state index contributed by atoms with van der Waals surface area (Å²) in [5.41, 5.74) is 2.48. The molecule has 2 aliphatic carbocycles. The van der Waals surface area contributed by atoms with Crippen LogP contribution in [0.5, 0.6) is 0 Å². The summed E-state index contributed by atoms with van der Waals surface area (Å²) in [5, 5.41) is 1.55. The van der Waals surface area contributed by atoms with Gasteiger partial charge in [-0.15, -0.1) is 11.8 Å². The van der Waals surface area contributed by atoms with Crippen LogP contribution < -0.4 is 9.77 Å². The van der Waals surface area contributed by atoms with Gasteiger partial charge in [-0.05, 0) is 61.6 Å². The molecule has 30 heavy (non-hydrogen) atoms. The highest BCUT2D eigenvalue weighted by molar-refractivity contribution is 8.00. The van der Waals surface area contributed by atoms with E-state index in [0.29, 0.717) is 17.8 Å². The third kappa shape index (κ3) is 3.21. The lowest BCUT2D eigenvalue weighted by Gasteiger charge is -2.40. The fourth-order valence-electron chi connectivity index (χ4n) is 5.78. The smallest absolute Gasteiger partial charge is 0.326 e. The van der Waals surface area contributed by atoms with Crippen LogP contribution in [0.4, 0.5) is 5.69 Å². The fraction of sp³-hybridized carbons (Fsp3) is 0.565. The predicted molar refractivity (Wildman–Crippen MR) is 122 cm³/mol. The first-order valence-corrected chi connectivity index (χ1v) is 12.5. The van der Waals surface area contributed by atoms with Crippen molar-refractivity contribution in [1.82, 2.24) is 4.57 Å². The number of rotatable bonds is 5. The Bertz CT molecular complexity index is 1010. The van der Waals surface area contributed by atoms with E-state index in [4.69, 9.17) is 4.74 Å². The first-order valence-electron chi connectivity index (χ1n) is 10.8. The van der Waals surface area contributed by atoms with Crippen molar-refractivity contribution in [1.29, 1.82) is 0 Å². The van der Waals surface area contributed by atoms with Gasteiger partial charge in [-0.25, -0.2) is 0 Å². The van der Waals surface area contributed by atoms with Gasteiger partial charge >= 0.3 is 10.8 Å². The van der Waals surface area contributed by atoms with Crippen molar-refractivity contribution in [3.8, 4) is 0 Å². The van der Waals surface area contributed by atoms with Crippen LogP contribution in [0.2, 0.25) is 0 Å². The van der Waals surface area contributed by atoms with E-state index in [2.05, 4.69) is 43.3 Å². The molecule has 5 rings (SSSR count). The number of carbonyl (C=O) groups excluding carboxylic acids is 1. The lowest BCUT2D eigenvalue weighted by Crippen LogP contribution is -2.34. The lowest BCUT2D eigenvalue weighted by atomic mass is 9.75. The van der Waals surface area contributed by atoms with Gasteiger partial charge in [0.05, 0.1) is 11.6 Å². The topological polar surface area (TPSA) is 51.5 Å². The molecule has 2 bridgehead atoms. The highest BCUT2D eigenvalue weighted by atomic mass is 32.2. The first kappa shape index (κ1) is 20.2. The number of hydrogen-bond acceptors (Lipinski definition) is 6. The molecular formula is C23H28N2O3S2. The number of aromatic nitrogens is 1. The highest BCUT2D eigenvalue weighted by Crippen LogP contribution is 2.64. The van der Waals surface area contributed by atoms with Gasteiger partial charge in [-0.3, -0.25) is 14.2 Å². The minimum atomic E-state index is -0.331. The van der Waals surface area contributed by atoms with E-state index >= 15 is 0 Å². The van der Waals surface area contributed by atoms with Crippen molar-refractivity contribution in [2.45, 2.75) is 48.9 Å². The number of benzene rings is 1. The van der Waals surface area contributed by atoms with Gasteiger partial charge in [0.25, 0.3) is 0 Å². The molecule has 0 radical (unpaired) electrons. The molecule has 5 atom stereocenters. The van der Waals surface area contributed by atoms with Gasteiger partial charge in [-0.2, -0.15) is 0 Å². The molecule has 0 N–H and O–H groups in total. The van der Waals surface area contributed by atoms with Crippen LogP contribution in [0.15, 0.2) is 34.1 Å². The fourth-order valence-corrected chi connectivity index (χ4v) is 8.93. The van der Waals surface area contributed by atoms with Crippen molar-refractivity contribution in [3.05, 3.63) is 44.4 Å². The van der Waals surface area contributed by atoms with E-state index in [0.717, 1.165) is 21.7 Å². The second-order valence-electron chi connectivity index (χ2n) is 8.89. The van der Waals surface area contributed by atoms with E-state index in [1.807, 2.05) is 11.8 Å². The van der Waals surface area contributed by atoms with E-state index in [1.54, 1.807) is 11.5 Å². The average Bonchev–Trinajstić information content (AvgIpc) is 3.41. The molecular weight excluding hydrogens is 416 g/mol. The Balaban J connectivity index is 1.59. The van der Waals surface area contributed by atoms with Crippen molar-refractivity contribution < 1.29 is 9.53 Å². The van der Waals surface area contributed by atoms with Gasteiger partial charge in [0.15, 0.2) is 0 Å². The van der Waals surface area contributed by atoms with Crippen molar-refractivity contribution in [2.75, 3.05) is 25.6 Å². The highest BCUT2D eigenvalue weighted by Gasteiger charge is 2.55. The molecule has 2 aromatic rings. The molecule has 3 aliphatic rings. The number of hydrogen-bond donors (Lipinski definition) is 0. The third-order valence-corrected chi connectivity index (χ3v) is 9.88. The molecule has 0 amide bonds. The number of thioether (sulfide) groups is 1. The van der Waals surface area contributed by atoms with E-state index in [1.165, 1.54) is 41.9 Å². The molecule has 1 aliphatic heterocycles. The van der Waals surface area contributed by atoms with Gasteiger partial charge < -0.3 is 9.64 Å². The second-order valence-corrected chi connectivity index (χ2v) is 11.0. The Morgan fingerprint density at radius 2 is 1.93 bits per heavy atom. The van der Waals surface area contributed by atoms with Crippen LogP contribution >= 0.6 is 23.1 Å². The van der Waals surface area contributed by atoms with Crippen LogP contribution in [0.1, 0.15) is 42.5 Å². The zero-order valence-corrected chi connectivity index (χ0v) is 19.3. The van der Waals surface area contributed by atoms with E-state index in [9.17, 15) is 9.59 Å². The molecule has 0 spiro atoms. The third-order valence-electron chi connectivity index (χ3n) is 7.05. The summed E-state index contributed by atoms with van der Waals surface area (Å²) in [6.07, 6.45) is 3.92. The Kier molecular flexibility index (Phi) is 5.22. The maximum Gasteiger partial charge on any atom is 0.326 e. The van der Waals surface area contributed by atoms with Crippen LogP contribution in [0, 0.1) is 17.8 Å². The molecule has 0 saturated heterocycles. The number of thiazole rings is 1. The normalized spacial score (nSPS) is 28.8. The number of fused-ring (bicyclic) bond motifs is 6. The second kappa shape index (κ2) is 7.75. The minimum Gasteiger partial charge on any atom is -0.465 e. The number of ether oxygens (including phenoxy) is 1. The quantitative estimate of drug-likeness (QED) is 0.647. The zero-order valence-electron chi connectivity index (χ0n) is 17.7. The van der Waals surface area contributed by atoms with E-state index < -0.39 is 0 Å². The zero-order chi connectivity index (χ0) is 21.0. The van der Waals surface area contributed by atoms with Gasteiger partial charge in [0, 0.05) is 35.8 Å². The van der Waals surface area contributed by atoms with Crippen LogP contribution in [-0.4, -0.2) is 36.5 Å².